The van der Waals surface area contributed by atoms with Crippen LogP contribution < -0.4 is 20.1 Å². The minimum absolute atomic E-state index is 0.0487. The first-order valence-electron chi connectivity index (χ1n) is 13.7. The molecule has 0 bridgehead atoms. The highest BCUT2D eigenvalue weighted by Crippen LogP contribution is 2.42. The molecule has 2 unspecified atom stereocenters. The lowest BCUT2D eigenvalue weighted by Gasteiger charge is -2.28. The molecule has 2 aliphatic heterocycles. The number of pyridine rings is 1. The molecule has 4 aromatic rings. The molecule has 2 aromatic heterocycles. The Morgan fingerprint density at radius 2 is 1.88 bits per heavy atom. The van der Waals surface area contributed by atoms with Gasteiger partial charge in [0.2, 0.25) is 12.7 Å². The molecule has 9 heteroatoms. The summed E-state index contributed by atoms with van der Waals surface area (Å²) in [6, 6.07) is 19.9. The van der Waals surface area contributed by atoms with Crippen molar-refractivity contribution in [1.82, 2.24) is 19.8 Å². The SMILES string of the molecule is Cc1ccc(C)c(NC(=O)CCN2C(=S)NC(c3ccccn3)C2c2cc(C)n(-c3ccc4c(c3)OCO4)c2C)c1. The third-order valence-electron chi connectivity index (χ3n) is 7.85. The number of aryl methyl sites for hydroxylation is 3. The zero-order valence-corrected chi connectivity index (χ0v) is 24.4. The molecule has 1 fully saturated rings. The molecule has 1 saturated heterocycles. The second-order valence-electron chi connectivity index (χ2n) is 10.6. The molecule has 8 nitrogen and oxygen atoms in total. The topological polar surface area (TPSA) is 80.7 Å². The summed E-state index contributed by atoms with van der Waals surface area (Å²) in [5, 5.41) is 7.20. The Balaban J connectivity index is 1.32. The molecule has 0 saturated carbocycles. The number of thiocarbonyl (C=S) groups is 1. The Morgan fingerprint density at radius 3 is 2.68 bits per heavy atom. The zero-order valence-electron chi connectivity index (χ0n) is 23.6. The quantitative estimate of drug-likeness (QED) is 0.272. The van der Waals surface area contributed by atoms with E-state index < -0.39 is 0 Å². The maximum Gasteiger partial charge on any atom is 0.231 e. The summed E-state index contributed by atoms with van der Waals surface area (Å²) in [6.07, 6.45) is 2.09. The second-order valence-corrected chi connectivity index (χ2v) is 11.0. The second kappa shape index (κ2) is 10.9. The van der Waals surface area contributed by atoms with Gasteiger partial charge in [0.15, 0.2) is 16.6 Å². The van der Waals surface area contributed by atoms with Crippen LogP contribution in [0.3, 0.4) is 0 Å². The van der Waals surface area contributed by atoms with Crippen LogP contribution in [0.25, 0.3) is 5.69 Å². The Kier molecular flexibility index (Phi) is 7.13. The standard InChI is InChI=1S/C32H33N5O3S/c1-19-8-9-20(2)26(15-19)34-29(38)12-14-36-31(30(35-32(36)41)25-7-5-6-13-33-25)24-16-21(3)37(22(24)4)23-10-11-27-28(17-23)40-18-39-27/h5-11,13,15-17,30-31H,12,14,18H2,1-4H3,(H,34,38)(H,35,41). The predicted molar refractivity (Wildman–Crippen MR) is 163 cm³/mol. The number of fused-ring (bicyclic) bond motifs is 1. The smallest absolute Gasteiger partial charge is 0.231 e. The van der Waals surface area contributed by atoms with Gasteiger partial charge in [-0.05, 0) is 93.0 Å². The summed E-state index contributed by atoms with van der Waals surface area (Å²) in [5.41, 5.74) is 8.17. The molecular formula is C32H33N5O3S. The normalized spacial score (nSPS) is 17.6. The highest BCUT2D eigenvalue weighted by molar-refractivity contribution is 7.80. The van der Waals surface area contributed by atoms with E-state index in [1.54, 1.807) is 6.20 Å². The molecule has 6 rings (SSSR count). The fraction of sp³-hybridized carbons (Fsp3) is 0.281. The van der Waals surface area contributed by atoms with E-state index >= 15 is 0 Å². The summed E-state index contributed by atoms with van der Waals surface area (Å²) in [4.78, 5) is 19.9. The Hall–Kier alpha value is -4.37. The van der Waals surface area contributed by atoms with Crippen LogP contribution in [0.2, 0.25) is 0 Å². The summed E-state index contributed by atoms with van der Waals surface area (Å²) in [6.45, 7) is 8.93. The number of carbonyl (C=O) groups excluding carboxylic acids is 1. The monoisotopic (exact) mass is 567 g/mol. The van der Waals surface area contributed by atoms with Crippen LogP contribution in [0.4, 0.5) is 5.69 Å². The number of nitrogens with zero attached hydrogens (tertiary/aromatic N) is 3. The Morgan fingerprint density at radius 1 is 1.05 bits per heavy atom. The van der Waals surface area contributed by atoms with E-state index in [4.69, 9.17) is 21.7 Å². The zero-order chi connectivity index (χ0) is 28.7. The minimum atomic E-state index is -0.170. The van der Waals surface area contributed by atoms with Gasteiger partial charge >= 0.3 is 0 Å². The number of amides is 1. The average molecular weight is 568 g/mol. The number of ether oxygens (including phenoxy) is 2. The van der Waals surface area contributed by atoms with Crippen LogP contribution in [0.5, 0.6) is 11.5 Å². The number of carbonyl (C=O) groups is 1. The number of nitrogens with one attached hydrogen (secondary N) is 2. The van der Waals surface area contributed by atoms with Crippen molar-refractivity contribution in [3.05, 3.63) is 101 Å². The van der Waals surface area contributed by atoms with E-state index in [9.17, 15) is 4.79 Å². The maximum absolute atomic E-state index is 13.1. The molecule has 0 spiro atoms. The van der Waals surface area contributed by atoms with Gasteiger partial charge in [-0.25, -0.2) is 0 Å². The van der Waals surface area contributed by atoms with Crippen LogP contribution >= 0.6 is 12.2 Å². The largest absolute Gasteiger partial charge is 0.454 e. The molecular weight excluding hydrogens is 534 g/mol. The first-order chi connectivity index (χ1) is 19.8. The van der Waals surface area contributed by atoms with Crippen molar-refractivity contribution in [1.29, 1.82) is 0 Å². The van der Waals surface area contributed by atoms with Crippen molar-refractivity contribution in [3.8, 4) is 17.2 Å². The summed E-state index contributed by atoms with van der Waals surface area (Å²) < 4.78 is 13.4. The molecule has 210 valence electrons. The average Bonchev–Trinajstić information content (AvgIpc) is 3.64. The molecule has 2 atom stereocenters. The fourth-order valence-corrected chi connectivity index (χ4v) is 6.13. The number of benzene rings is 2. The maximum atomic E-state index is 13.1. The molecule has 4 heterocycles. The fourth-order valence-electron chi connectivity index (χ4n) is 5.80. The summed E-state index contributed by atoms with van der Waals surface area (Å²) >= 11 is 5.86. The predicted octanol–water partition coefficient (Wildman–Crippen LogP) is 5.84. The van der Waals surface area contributed by atoms with Gasteiger partial charge in [-0.2, -0.15) is 0 Å². The molecule has 2 aliphatic rings. The number of rotatable bonds is 7. The first kappa shape index (κ1) is 26.8. The van der Waals surface area contributed by atoms with E-state index in [0.717, 1.165) is 56.6 Å². The van der Waals surface area contributed by atoms with Crippen molar-refractivity contribution in [2.45, 2.75) is 46.2 Å². The van der Waals surface area contributed by atoms with Crippen LogP contribution in [0, 0.1) is 27.7 Å². The Labute approximate surface area is 245 Å². The van der Waals surface area contributed by atoms with Crippen molar-refractivity contribution < 1.29 is 14.3 Å². The lowest BCUT2D eigenvalue weighted by molar-refractivity contribution is -0.116. The third-order valence-corrected chi connectivity index (χ3v) is 8.20. The van der Waals surface area contributed by atoms with E-state index in [1.807, 2.05) is 68.4 Å². The van der Waals surface area contributed by atoms with Gasteiger partial charge in [0.1, 0.15) is 0 Å². The van der Waals surface area contributed by atoms with Gasteiger partial charge in [-0.1, -0.05) is 18.2 Å². The minimum Gasteiger partial charge on any atom is -0.454 e. The number of hydrogen-bond acceptors (Lipinski definition) is 5. The molecule has 1 amide bonds. The van der Waals surface area contributed by atoms with Crippen LogP contribution in [0.1, 0.15) is 52.3 Å². The van der Waals surface area contributed by atoms with Gasteiger partial charge < -0.3 is 29.6 Å². The van der Waals surface area contributed by atoms with E-state index in [2.05, 4.69) is 45.0 Å². The van der Waals surface area contributed by atoms with Gasteiger partial charge in [0, 0.05) is 48.0 Å². The number of anilines is 1. The van der Waals surface area contributed by atoms with E-state index in [-0.39, 0.29) is 24.8 Å². The van der Waals surface area contributed by atoms with Crippen LogP contribution in [0.15, 0.2) is 66.9 Å². The lowest BCUT2D eigenvalue weighted by Crippen LogP contribution is -2.33. The molecule has 0 radical (unpaired) electrons. The van der Waals surface area contributed by atoms with Gasteiger partial charge in [0.05, 0.1) is 17.8 Å². The third kappa shape index (κ3) is 5.13. The lowest BCUT2D eigenvalue weighted by atomic mass is 9.96. The van der Waals surface area contributed by atoms with Crippen molar-refractivity contribution >= 4 is 28.9 Å². The van der Waals surface area contributed by atoms with E-state index in [0.29, 0.717) is 18.1 Å². The molecule has 2 aromatic carbocycles. The van der Waals surface area contributed by atoms with Crippen LogP contribution in [-0.2, 0) is 4.79 Å². The number of hydrogen-bond donors (Lipinski definition) is 2. The van der Waals surface area contributed by atoms with Gasteiger partial charge in [-0.15, -0.1) is 0 Å². The molecule has 0 aliphatic carbocycles. The van der Waals surface area contributed by atoms with Crippen molar-refractivity contribution in [2.75, 3.05) is 18.7 Å². The van der Waals surface area contributed by atoms with Gasteiger partial charge in [0.25, 0.3) is 0 Å². The van der Waals surface area contributed by atoms with Crippen molar-refractivity contribution in [3.63, 3.8) is 0 Å². The molecule has 2 N–H and O–H groups in total. The number of aromatic nitrogens is 2. The van der Waals surface area contributed by atoms with E-state index in [1.165, 1.54) is 0 Å². The molecule has 41 heavy (non-hydrogen) atoms. The first-order valence-corrected chi connectivity index (χ1v) is 14.1. The van der Waals surface area contributed by atoms with Gasteiger partial charge in [-0.3, -0.25) is 9.78 Å². The van der Waals surface area contributed by atoms with Crippen molar-refractivity contribution in [2.24, 2.45) is 0 Å². The van der Waals surface area contributed by atoms with Crippen LogP contribution in [-0.4, -0.2) is 38.8 Å². The highest BCUT2D eigenvalue weighted by Gasteiger charge is 2.41. The summed E-state index contributed by atoms with van der Waals surface area (Å²) in [7, 11) is 0. The highest BCUT2D eigenvalue weighted by atomic mass is 32.1. The Bertz CT molecular complexity index is 1630. The summed E-state index contributed by atoms with van der Waals surface area (Å²) in [5.74, 6) is 1.44.